The van der Waals surface area contributed by atoms with Crippen molar-refractivity contribution in [3.8, 4) is 0 Å². The molecule has 0 aliphatic rings. The molecular weight excluding hydrogens is 268 g/mol. The van der Waals surface area contributed by atoms with Crippen molar-refractivity contribution in [2.45, 2.75) is 13.5 Å². The zero-order valence-electron chi connectivity index (χ0n) is 9.72. The van der Waals surface area contributed by atoms with E-state index in [1.54, 1.807) is 11.3 Å². The van der Waals surface area contributed by atoms with Gasteiger partial charge in [0.1, 0.15) is 0 Å². The molecule has 0 atom stereocenters. The fourth-order valence-corrected chi connectivity index (χ4v) is 2.87. The van der Waals surface area contributed by atoms with Gasteiger partial charge in [-0.15, -0.1) is 11.3 Å². The summed E-state index contributed by atoms with van der Waals surface area (Å²) in [5.74, 6) is 0.498. The summed E-state index contributed by atoms with van der Waals surface area (Å²) in [5, 5.41) is 1.72. The number of rotatable bonds is 2. The molecule has 92 valence electrons. The molecule has 6 heteroatoms. The van der Waals surface area contributed by atoms with Crippen molar-refractivity contribution in [3.05, 3.63) is 39.3 Å². The number of nitrogens with two attached hydrogens (primary N) is 1. The summed E-state index contributed by atoms with van der Waals surface area (Å²) >= 11 is 7.61. The molecule has 0 aliphatic heterocycles. The van der Waals surface area contributed by atoms with Crippen molar-refractivity contribution in [3.63, 3.8) is 0 Å². The zero-order chi connectivity index (χ0) is 12.7. The Hall–Kier alpha value is -1.59. The van der Waals surface area contributed by atoms with Gasteiger partial charge in [0.15, 0.2) is 0 Å². The Labute approximate surface area is 113 Å². The molecule has 0 spiro atoms. The van der Waals surface area contributed by atoms with Gasteiger partial charge in [0.05, 0.1) is 22.6 Å². The molecule has 3 rings (SSSR count). The molecule has 0 aliphatic carbocycles. The first-order valence-corrected chi connectivity index (χ1v) is 6.65. The molecule has 2 aromatic heterocycles. The number of nitrogens with zero attached hydrogens (tertiary/aromatic N) is 3. The monoisotopic (exact) mass is 278 g/mol. The fraction of sp³-hybridized carbons (Fsp3) is 0.167. The molecule has 0 saturated heterocycles. The first-order chi connectivity index (χ1) is 8.63. The second-order valence-electron chi connectivity index (χ2n) is 4.03. The van der Waals surface area contributed by atoms with Gasteiger partial charge in [-0.2, -0.15) is 0 Å². The van der Waals surface area contributed by atoms with E-state index < -0.39 is 0 Å². The van der Waals surface area contributed by atoms with Crippen LogP contribution in [-0.4, -0.2) is 14.5 Å². The van der Waals surface area contributed by atoms with Crippen LogP contribution in [0.4, 0.5) is 5.95 Å². The van der Waals surface area contributed by atoms with E-state index >= 15 is 0 Å². The number of halogens is 1. The number of benzene rings is 1. The van der Waals surface area contributed by atoms with Gasteiger partial charge < -0.3 is 10.3 Å². The van der Waals surface area contributed by atoms with Crippen molar-refractivity contribution in [2.24, 2.45) is 0 Å². The van der Waals surface area contributed by atoms with Gasteiger partial charge in [-0.05, 0) is 25.1 Å². The molecule has 2 N–H and O–H groups in total. The lowest BCUT2D eigenvalue weighted by molar-refractivity contribution is 0.850. The predicted octanol–water partition coefficient (Wildman–Crippen LogP) is 3.09. The first-order valence-electron chi connectivity index (χ1n) is 5.46. The van der Waals surface area contributed by atoms with Crippen LogP contribution in [0.25, 0.3) is 11.0 Å². The maximum atomic E-state index is 5.95. The van der Waals surface area contributed by atoms with Crippen LogP contribution >= 0.6 is 22.9 Å². The van der Waals surface area contributed by atoms with Crippen LogP contribution in [0.1, 0.15) is 9.88 Å². The Morgan fingerprint density at radius 1 is 1.44 bits per heavy atom. The van der Waals surface area contributed by atoms with Gasteiger partial charge in [-0.1, -0.05) is 11.6 Å². The Morgan fingerprint density at radius 3 is 3.00 bits per heavy atom. The molecule has 18 heavy (non-hydrogen) atoms. The molecule has 0 fully saturated rings. The number of nitrogen functional groups attached to an aromatic ring is 1. The summed E-state index contributed by atoms with van der Waals surface area (Å²) in [6.07, 6.45) is 1.88. The normalized spacial score (nSPS) is 11.2. The summed E-state index contributed by atoms with van der Waals surface area (Å²) in [6, 6.07) is 5.61. The lowest BCUT2D eigenvalue weighted by atomic mass is 10.3. The first kappa shape index (κ1) is 11.5. The van der Waals surface area contributed by atoms with Crippen molar-refractivity contribution < 1.29 is 0 Å². The van der Waals surface area contributed by atoms with E-state index in [1.165, 1.54) is 0 Å². The van der Waals surface area contributed by atoms with Crippen LogP contribution in [-0.2, 0) is 6.54 Å². The van der Waals surface area contributed by atoms with Crippen LogP contribution in [0, 0.1) is 6.92 Å². The minimum atomic E-state index is 0.498. The number of fused-ring (bicyclic) bond motifs is 1. The molecular formula is C12H11ClN4S. The molecule has 3 aromatic rings. The third kappa shape index (κ3) is 1.95. The van der Waals surface area contributed by atoms with Crippen LogP contribution in [0.15, 0.2) is 24.4 Å². The second-order valence-corrected chi connectivity index (χ2v) is 5.79. The summed E-state index contributed by atoms with van der Waals surface area (Å²) in [7, 11) is 0. The van der Waals surface area contributed by atoms with Gasteiger partial charge in [-0.3, -0.25) is 0 Å². The number of hydrogen-bond donors (Lipinski definition) is 1. The Kier molecular flexibility index (Phi) is 2.72. The largest absolute Gasteiger partial charge is 0.369 e. The molecule has 0 radical (unpaired) electrons. The van der Waals surface area contributed by atoms with Crippen molar-refractivity contribution in [2.75, 3.05) is 5.73 Å². The zero-order valence-corrected chi connectivity index (χ0v) is 11.3. The van der Waals surface area contributed by atoms with Crippen LogP contribution in [0.3, 0.4) is 0 Å². The SMILES string of the molecule is Cc1ncc(Cn2c(N)nc3cc(Cl)ccc32)s1. The lowest BCUT2D eigenvalue weighted by Crippen LogP contribution is -2.03. The highest BCUT2D eigenvalue weighted by Gasteiger charge is 2.10. The third-order valence-electron chi connectivity index (χ3n) is 2.72. The van der Waals surface area contributed by atoms with Gasteiger partial charge in [0.25, 0.3) is 0 Å². The predicted molar refractivity (Wildman–Crippen MR) is 75.1 cm³/mol. The maximum Gasteiger partial charge on any atom is 0.201 e. The van der Waals surface area contributed by atoms with Crippen molar-refractivity contribution >= 4 is 39.9 Å². The molecule has 2 heterocycles. The number of anilines is 1. The standard InChI is InChI=1S/C12H11ClN4S/c1-7-15-5-9(18-7)6-17-11-3-2-8(13)4-10(11)16-12(17)14/h2-5H,6H2,1H3,(H2,14,16). The van der Waals surface area contributed by atoms with Gasteiger partial charge >= 0.3 is 0 Å². The Balaban J connectivity index is 2.08. The number of aromatic nitrogens is 3. The smallest absolute Gasteiger partial charge is 0.201 e. The minimum absolute atomic E-state index is 0.498. The van der Waals surface area contributed by atoms with Crippen LogP contribution < -0.4 is 5.73 Å². The van der Waals surface area contributed by atoms with E-state index in [4.69, 9.17) is 17.3 Å². The summed E-state index contributed by atoms with van der Waals surface area (Å²) in [5.41, 5.74) is 7.76. The van der Waals surface area contributed by atoms with E-state index in [0.29, 0.717) is 17.5 Å². The molecule has 0 saturated carbocycles. The molecule has 0 amide bonds. The summed E-state index contributed by atoms with van der Waals surface area (Å²) in [6.45, 7) is 2.68. The van der Waals surface area contributed by atoms with Crippen LogP contribution in [0.2, 0.25) is 5.02 Å². The Morgan fingerprint density at radius 2 is 2.28 bits per heavy atom. The van der Waals surface area contributed by atoms with E-state index in [0.717, 1.165) is 20.9 Å². The second kappa shape index (κ2) is 4.26. The molecule has 4 nitrogen and oxygen atoms in total. The van der Waals surface area contributed by atoms with Gasteiger partial charge in [0, 0.05) is 16.1 Å². The Bertz CT molecular complexity index is 716. The maximum absolute atomic E-state index is 5.95. The van der Waals surface area contributed by atoms with E-state index in [2.05, 4.69) is 9.97 Å². The highest BCUT2D eigenvalue weighted by atomic mass is 35.5. The lowest BCUT2D eigenvalue weighted by Gasteiger charge is -2.03. The molecule has 1 aromatic carbocycles. The highest BCUT2D eigenvalue weighted by Crippen LogP contribution is 2.24. The number of aryl methyl sites for hydroxylation is 1. The van der Waals surface area contributed by atoms with E-state index in [-0.39, 0.29) is 0 Å². The minimum Gasteiger partial charge on any atom is -0.369 e. The van der Waals surface area contributed by atoms with Crippen molar-refractivity contribution in [1.29, 1.82) is 0 Å². The van der Waals surface area contributed by atoms with Crippen molar-refractivity contribution in [1.82, 2.24) is 14.5 Å². The van der Waals surface area contributed by atoms with E-state index in [1.807, 2.05) is 35.9 Å². The van der Waals surface area contributed by atoms with Gasteiger partial charge in [0.2, 0.25) is 5.95 Å². The quantitative estimate of drug-likeness (QED) is 0.784. The topological polar surface area (TPSA) is 56.7 Å². The highest BCUT2D eigenvalue weighted by molar-refractivity contribution is 7.11. The molecule has 0 unspecified atom stereocenters. The van der Waals surface area contributed by atoms with E-state index in [9.17, 15) is 0 Å². The average Bonchev–Trinajstić information content (AvgIpc) is 2.84. The van der Waals surface area contributed by atoms with Crippen LogP contribution in [0.5, 0.6) is 0 Å². The average molecular weight is 279 g/mol. The number of hydrogen-bond acceptors (Lipinski definition) is 4. The molecule has 0 bridgehead atoms. The number of thiazole rings is 1. The number of imidazole rings is 1. The van der Waals surface area contributed by atoms with Gasteiger partial charge in [-0.25, -0.2) is 9.97 Å². The summed E-state index contributed by atoms with van der Waals surface area (Å²) < 4.78 is 1.97. The summed E-state index contributed by atoms with van der Waals surface area (Å²) in [4.78, 5) is 9.72. The fourth-order valence-electron chi connectivity index (χ4n) is 1.92. The third-order valence-corrected chi connectivity index (χ3v) is 3.86.